The molecule has 0 radical (unpaired) electrons. The standard InChI is InChI=1S/C16H21N3O3/c1-4-16(2,10-20)17-15(21)13-9-12(18-19-13)11-7-5-6-8-14(11)22-3/h5-9,20H,4,10H2,1-3H3,(H,17,21)(H,18,19)/t16-/m0/s1. The first-order valence-corrected chi connectivity index (χ1v) is 7.15. The van der Waals surface area contributed by atoms with Gasteiger partial charge in [0.15, 0.2) is 0 Å². The Morgan fingerprint density at radius 2 is 2.18 bits per heavy atom. The number of aromatic amines is 1. The Morgan fingerprint density at radius 3 is 2.82 bits per heavy atom. The van der Waals surface area contributed by atoms with Gasteiger partial charge in [-0.2, -0.15) is 5.10 Å². The van der Waals surface area contributed by atoms with Gasteiger partial charge in [-0.3, -0.25) is 9.89 Å². The monoisotopic (exact) mass is 303 g/mol. The lowest BCUT2D eigenvalue weighted by Gasteiger charge is -2.26. The maximum atomic E-state index is 12.3. The van der Waals surface area contributed by atoms with E-state index >= 15 is 0 Å². The van der Waals surface area contributed by atoms with Crippen molar-refractivity contribution >= 4 is 5.91 Å². The molecule has 118 valence electrons. The molecule has 1 atom stereocenters. The number of aliphatic hydroxyl groups is 1. The minimum Gasteiger partial charge on any atom is -0.496 e. The average molecular weight is 303 g/mol. The van der Waals surface area contributed by atoms with Crippen molar-refractivity contribution in [2.45, 2.75) is 25.8 Å². The number of ether oxygens (including phenoxy) is 1. The van der Waals surface area contributed by atoms with Crippen LogP contribution in [0.25, 0.3) is 11.3 Å². The zero-order valence-corrected chi connectivity index (χ0v) is 13.0. The highest BCUT2D eigenvalue weighted by atomic mass is 16.5. The fourth-order valence-electron chi connectivity index (χ4n) is 2.01. The van der Waals surface area contributed by atoms with Gasteiger partial charge in [-0.1, -0.05) is 19.1 Å². The summed E-state index contributed by atoms with van der Waals surface area (Å²) in [6, 6.07) is 9.13. The summed E-state index contributed by atoms with van der Waals surface area (Å²) in [5, 5.41) is 19.1. The van der Waals surface area contributed by atoms with Crippen LogP contribution in [0.5, 0.6) is 5.75 Å². The second-order valence-corrected chi connectivity index (χ2v) is 5.39. The van der Waals surface area contributed by atoms with Gasteiger partial charge in [0.25, 0.3) is 5.91 Å². The summed E-state index contributed by atoms with van der Waals surface area (Å²) < 4.78 is 5.30. The molecule has 0 aliphatic carbocycles. The maximum absolute atomic E-state index is 12.3. The number of hydrogen-bond donors (Lipinski definition) is 3. The summed E-state index contributed by atoms with van der Waals surface area (Å²) in [7, 11) is 1.59. The van der Waals surface area contributed by atoms with Gasteiger partial charge in [0.05, 0.1) is 24.9 Å². The molecule has 0 bridgehead atoms. The van der Waals surface area contributed by atoms with Crippen LogP contribution in [-0.4, -0.2) is 40.5 Å². The van der Waals surface area contributed by atoms with E-state index in [1.54, 1.807) is 20.1 Å². The molecule has 1 heterocycles. The smallest absolute Gasteiger partial charge is 0.269 e. The molecule has 0 unspecified atom stereocenters. The molecule has 6 heteroatoms. The van der Waals surface area contributed by atoms with E-state index in [-0.39, 0.29) is 12.5 Å². The lowest BCUT2D eigenvalue weighted by atomic mass is 10.00. The fraction of sp³-hybridized carbons (Fsp3) is 0.375. The summed E-state index contributed by atoms with van der Waals surface area (Å²) in [6.07, 6.45) is 0.628. The molecule has 1 aromatic heterocycles. The fourth-order valence-corrected chi connectivity index (χ4v) is 2.01. The number of amides is 1. The van der Waals surface area contributed by atoms with Crippen molar-refractivity contribution in [1.29, 1.82) is 0 Å². The van der Waals surface area contributed by atoms with Crippen LogP contribution >= 0.6 is 0 Å². The Morgan fingerprint density at radius 1 is 1.45 bits per heavy atom. The molecule has 0 spiro atoms. The van der Waals surface area contributed by atoms with Crippen molar-refractivity contribution in [2.24, 2.45) is 0 Å². The second kappa shape index (κ2) is 6.62. The van der Waals surface area contributed by atoms with Crippen molar-refractivity contribution < 1.29 is 14.6 Å². The van der Waals surface area contributed by atoms with Crippen molar-refractivity contribution in [2.75, 3.05) is 13.7 Å². The van der Waals surface area contributed by atoms with Gasteiger partial charge < -0.3 is 15.2 Å². The molecule has 0 aliphatic rings. The number of rotatable bonds is 6. The topological polar surface area (TPSA) is 87.2 Å². The molecule has 3 N–H and O–H groups in total. The van der Waals surface area contributed by atoms with Gasteiger partial charge in [-0.05, 0) is 31.5 Å². The minimum absolute atomic E-state index is 0.122. The van der Waals surface area contributed by atoms with Crippen molar-refractivity contribution in [1.82, 2.24) is 15.5 Å². The van der Waals surface area contributed by atoms with Crippen LogP contribution in [0.1, 0.15) is 30.8 Å². The summed E-state index contributed by atoms with van der Waals surface area (Å²) in [5.41, 5.74) is 1.13. The molecule has 6 nitrogen and oxygen atoms in total. The quantitative estimate of drug-likeness (QED) is 0.761. The number of carbonyl (C=O) groups is 1. The van der Waals surface area contributed by atoms with E-state index in [9.17, 15) is 9.90 Å². The van der Waals surface area contributed by atoms with Crippen molar-refractivity contribution in [3.63, 3.8) is 0 Å². The van der Waals surface area contributed by atoms with Crippen molar-refractivity contribution in [3.8, 4) is 17.0 Å². The first-order valence-electron chi connectivity index (χ1n) is 7.15. The molecular formula is C16H21N3O3. The van der Waals surface area contributed by atoms with Crippen molar-refractivity contribution in [3.05, 3.63) is 36.0 Å². The van der Waals surface area contributed by atoms with Crippen LogP contribution < -0.4 is 10.1 Å². The molecule has 0 saturated heterocycles. The first kappa shape index (κ1) is 16.0. The van der Waals surface area contributed by atoms with Gasteiger partial charge in [0, 0.05) is 5.56 Å². The average Bonchev–Trinajstić information content (AvgIpc) is 3.04. The van der Waals surface area contributed by atoms with Gasteiger partial charge in [-0.15, -0.1) is 0 Å². The number of aliphatic hydroxyl groups excluding tert-OH is 1. The normalized spacial score (nSPS) is 13.5. The number of para-hydroxylation sites is 1. The second-order valence-electron chi connectivity index (χ2n) is 5.39. The van der Waals surface area contributed by atoms with Gasteiger partial charge in [0.2, 0.25) is 0 Å². The van der Waals surface area contributed by atoms with E-state index < -0.39 is 5.54 Å². The van der Waals surface area contributed by atoms with E-state index in [0.29, 0.717) is 23.6 Å². The van der Waals surface area contributed by atoms with E-state index in [2.05, 4.69) is 15.5 Å². The number of benzene rings is 1. The SMILES string of the molecule is CC[C@@](C)(CO)NC(=O)c1cc(-c2ccccc2OC)n[nH]1. The minimum atomic E-state index is -0.646. The third-order valence-electron chi connectivity index (χ3n) is 3.75. The number of nitrogens with one attached hydrogen (secondary N) is 2. The van der Waals surface area contributed by atoms with Gasteiger partial charge >= 0.3 is 0 Å². The molecule has 0 saturated carbocycles. The Kier molecular flexibility index (Phi) is 4.82. The van der Waals surface area contributed by atoms with Crippen LogP contribution in [0.4, 0.5) is 0 Å². The number of hydrogen-bond acceptors (Lipinski definition) is 4. The third kappa shape index (κ3) is 3.28. The number of nitrogens with zero attached hydrogens (tertiary/aromatic N) is 1. The van der Waals surface area contributed by atoms with Crippen LogP contribution in [0.2, 0.25) is 0 Å². The van der Waals surface area contributed by atoms with E-state index in [1.807, 2.05) is 31.2 Å². The number of aromatic nitrogens is 2. The van der Waals surface area contributed by atoms with E-state index in [1.165, 1.54) is 0 Å². The lowest BCUT2D eigenvalue weighted by Crippen LogP contribution is -2.48. The molecule has 1 aromatic carbocycles. The molecule has 0 aliphatic heterocycles. The highest BCUT2D eigenvalue weighted by Crippen LogP contribution is 2.28. The Hall–Kier alpha value is -2.34. The molecule has 2 aromatic rings. The highest BCUT2D eigenvalue weighted by molar-refractivity contribution is 5.94. The number of carbonyl (C=O) groups excluding carboxylic acids is 1. The molecule has 22 heavy (non-hydrogen) atoms. The number of methoxy groups -OCH3 is 1. The van der Waals surface area contributed by atoms with E-state index in [4.69, 9.17) is 4.74 Å². The van der Waals surface area contributed by atoms with Crippen LogP contribution in [0.15, 0.2) is 30.3 Å². The molecular weight excluding hydrogens is 282 g/mol. The lowest BCUT2D eigenvalue weighted by molar-refractivity contribution is 0.0842. The summed E-state index contributed by atoms with van der Waals surface area (Å²) in [4.78, 5) is 12.3. The zero-order valence-electron chi connectivity index (χ0n) is 13.0. The molecule has 1 amide bonds. The zero-order chi connectivity index (χ0) is 16.2. The van der Waals surface area contributed by atoms with E-state index in [0.717, 1.165) is 5.56 Å². The molecule has 0 fully saturated rings. The largest absolute Gasteiger partial charge is 0.496 e. The Bertz CT molecular complexity index is 648. The Labute approximate surface area is 129 Å². The third-order valence-corrected chi connectivity index (χ3v) is 3.75. The van der Waals surface area contributed by atoms with Crippen LogP contribution in [0, 0.1) is 0 Å². The predicted octanol–water partition coefficient (Wildman–Crippen LogP) is 1.98. The first-order chi connectivity index (χ1) is 10.5. The van der Waals surface area contributed by atoms with Crippen LogP contribution in [0.3, 0.4) is 0 Å². The molecule has 2 rings (SSSR count). The number of H-pyrrole nitrogens is 1. The summed E-state index contributed by atoms with van der Waals surface area (Å²) in [6.45, 7) is 3.58. The van der Waals surface area contributed by atoms with Gasteiger partial charge in [-0.25, -0.2) is 0 Å². The van der Waals surface area contributed by atoms with Gasteiger partial charge in [0.1, 0.15) is 11.4 Å². The maximum Gasteiger partial charge on any atom is 0.269 e. The highest BCUT2D eigenvalue weighted by Gasteiger charge is 2.25. The summed E-state index contributed by atoms with van der Waals surface area (Å²) in [5.74, 6) is 0.391. The predicted molar refractivity (Wildman–Crippen MR) is 83.8 cm³/mol. The Balaban J connectivity index is 2.23. The van der Waals surface area contributed by atoms with Crippen LogP contribution in [-0.2, 0) is 0 Å². The summed E-state index contributed by atoms with van der Waals surface area (Å²) >= 11 is 0.